The number of fused-ring (bicyclic) bond motifs is 1. The second-order valence-electron chi connectivity index (χ2n) is 8.03. The van der Waals surface area contributed by atoms with Gasteiger partial charge in [0.25, 0.3) is 0 Å². The number of hydrazine groups is 1. The number of pyridine rings is 1. The molecule has 2 aromatic rings. The van der Waals surface area contributed by atoms with E-state index >= 15 is 0 Å². The highest BCUT2D eigenvalue weighted by Gasteiger charge is 2.13. The third-order valence-electron chi connectivity index (χ3n) is 5.37. The molecule has 0 aliphatic carbocycles. The van der Waals surface area contributed by atoms with E-state index in [4.69, 9.17) is 17.4 Å². The third kappa shape index (κ3) is 8.98. The summed E-state index contributed by atoms with van der Waals surface area (Å²) in [5.41, 5.74) is 4.68. The van der Waals surface area contributed by atoms with E-state index in [-0.39, 0.29) is 0 Å². The van der Waals surface area contributed by atoms with Crippen molar-refractivity contribution in [1.82, 2.24) is 19.8 Å². The Morgan fingerprint density at radius 3 is 2.35 bits per heavy atom. The molecule has 34 heavy (non-hydrogen) atoms. The van der Waals surface area contributed by atoms with Gasteiger partial charge in [-0.25, -0.2) is 10.8 Å². The summed E-state index contributed by atoms with van der Waals surface area (Å²) in [7, 11) is 3.92. The number of benzene rings is 1. The van der Waals surface area contributed by atoms with Crippen LogP contribution in [-0.4, -0.2) is 60.1 Å². The molecule has 6 heteroatoms. The molecule has 1 saturated heterocycles. The minimum atomic E-state index is 0.646. The highest BCUT2D eigenvalue weighted by atomic mass is 35.5. The SMILES string of the molecule is C=C(CCC)N1CCN(C)CC1.C=C/C(=C\N(C)N)c1cc(Cl)c2ccc(C=C)cc2n1.CC. The van der Waals surface area contributed by atoms with Crippen molar-refractivity contribution in [3.05, 3.63) is 78.3 Å². The number of hydrogen-bond acceptors (Lipinski definition) is 5. The number of aromatic nitrogens is 1. The van der Waals surface area contributed by atoms with Gasteiger partial charge in [0, 0.05) is 56.1 Å². The molecule has 0 saturated carbocycles. The number of allylic oxidation sites excluding steroid dienone is 3. The molecule has 1 aromatic carbocycles. The zero-order chi connectivity index (χ0) is 25.7. The van der Waals surface area contributed by atoms with E-state index in [1.54, 1.807) is 25.4 Å². The average Bonchev–Trinajstić information content (AvgIpc) is 2.84. The summed E-state index contributed by atoms with van der Waals surface area (Å²) < 4.78 is 0. The van der Waals surface area contributed by atoms with Crippen molar-refractivity contribution in [1.29, 1.82) is 0 Å². The van der Waals surface area contributed by atoms with Gasteiger partial charge in [0.05, 0.1) is 16.2 Å². The Morgan fingerprint density at radius 1 is 1.18 bits per heavy atom. The maximum Gasteiger partial charge on any atom is 0.0739 e. The molecule has 1 aliphatic heterocycles. The lowest BCUT2D eigenvalue weighted by Gasteiger charge is -2.35. The molecular weight excluding hydrogens is 442 g/mol. The number of hydrogen-bond donors (Lipinski definition) is 1. The van der Waals surface area contributed by atoms with Crippen LogP contribution >= 0.6 is 11.6 Å². The average molecular weight is 484 g/mol. The molecule has 5 nitrogen and oxygen atoms in total. The van der Waals surface area contributed by atoms with Crippen molar-refractivity contribution < 1.29 is 0 Å². The van der Waals surface area contributed by atoms with Crippen molar-refractivity contribution in [3.63, 3.8) is 0 Å². The van der Waals surface area contributed by atoms with E-state index in [2.05, 4.69) is 48.5 Å². The summed E-state index contributed by atoms with van der Waals surface area (Å²) in [4.78, 5) is 9.41. The van der Waals surface area contributed by atoms with Gasteiger partial charge in [-0.2, -0.15) is 0 Å². The van der Waals surface area contributed by atoms with E-state index in [1.807, 2.05) is 38.1 Å². The topological polar surface area (TPSA) is 48.6 Å². The van der Waals surface area contributed by atoms with Gasteiger partial charge in [-0.3, -0.25) is 0 Å². The maximum atomic E-state index is 6.32. The Morgan fingerprint density at radius 2 is 1.82 bits per heavy atom. The second-order valence-corrected chi connectivity index (χ2v) is 8.44. The standard InChI is InChI=1S/C16H16ClN3.C10H20N2.C2H6/c1-4-11-6-7-13-14(17)9-15(19-16(13)8-11)12(5-2)10-20(3)18;1-4-5-10(2)12-8-6-11(3)7-9-12;1-2/h4-10H,1-2,18H2,3H3;2,4-9H2,1,3H3;1-2H3/b12-10+;;. The summed E-state index contributed by atoms with van der Waals surface area (Å²) in [6.07, 6.45) is 7.59. The molecule has 1 aliphatic rings. The fraction of sp³-hybridized carbons (Fsp3) is 0.393. The van der Waals surface area contributed by atoms with Crippen LogP contribution in [0.1, 0.15) is 44.9 Å². The van der Waals surface area contributed by atoms with Gasteiger partial charge in [0.2, 0.25) is 0 Å². The number of likely N-dealkylation sites (N-methyl/N-ethyl adjacent to an activating group) is 1. The van der Waals surface area contributed by atoms with E-state index < -0.39 is 0 Å². The molecule has 0 bridgehead atoms. The van der Waals surface area contributed by atoms with Crippen molar-refractivity contribution in [3.8, 4) is 0 Å². The van der Waals surface area contributed by atoms with Gasteiger partial charge in [-0.1, -0.05) is 82.8 Å². The predicted octanol–water partition coefficient (Wildman–Crippen LogP) is 6.44. The van der Waals surface area contributed by atoms with E-state index in [0.717, 1.165) is 47.2 Å². The first kappa shape index (κ1) is 29.4. The first-order valence-electron chi connectivity index (χ1n) is 11.9. The summed E-state index contributed by atoms with van der Waals surface area (Å²) >= 11 is 6.32. The van der Waals surface area contributed by atoms with Crippen LogP contribution in [0.25, 0.3) is 22.6 Å². The van der Waals surface area contributed by atoms with Crippen molar-refractivity contribution >= 4 is 34.2 Å². The van der Waals surface area contributed by atoms with Crippen LogP contribution in [0.15, 0.2) is 62.0 Å². The zero-order valence-corrected chi connectivity index (χ0v) is 22.4. The van der Waals surface area contributed by atoms with Gasteiger partial charge in [-0.05, 0) is 31.2 Å². The van der Waals surface area contributed by atoms with Crippen LogP contribution in [-0.2, 0) is 0 Å². The Hall–Kier alpha value is -2.60. The second kappa shape index (κ2) is 15.3. The maximum absolute atomic E-state index is 6.32. The van der Waals surface area contributed by atoms with Crippen LogP contribution in [0.5, 0.6) is 0 Å². The Bertz CT molecular complexity index is 972. The minimum absolute atomic E-state index is 0.646. The normalized spacial score (nSPS) is 13.9. The molecule has 1 aromatic heterocycles. The van der Waals surface area contributed by atoms with Crippen LogP contribution in [0.4, 0.5) is 0 Å². The number of halogens is 1. The smallest absolute Gasteiger partial charge is 0.0739 e. The van der Waals surface area contributed by atoms with Gasteiger partial charge in [0.1, 0.15) is 0 Å². The highest BCUT2D eigenvalue weighted by molar-refractivity contribution is 6.35. The lowest BCUT2D eigenvalue weighted by Crippen LogP contribution is -2.43. The van der Waals surface area contributed by atoms with Crippen LogP contribution in [0.3, 0.4) is 0 Å². The number of piperazine rings is 1. The Labute approximate surface area is 211 Å². The summed E-state index contributed by atoms with van der Waals surface area (Å²) in [5.74, 6) is 5.64. The molecule has 0 radical (unpaired) electrons. The molecular formula is C28H42ClN5. The van der Waals surface area contributed by atoms with Crippen LogP contribution < -0.4 is 5.84 Å². The first-order valence-corrected chi connectivity index (χ1v) is 12.3. The van der Waals surface area contributed by atoms with Crippen molar-refractivity contribution in [2.24, 2.45) is 5.84 Å². The Kier molecular flexibility index (Phi) is 13.3. The molecule has 2 N–H and O–H groups in total. The summed E-state index contributed by atoms with van der Waals surface area (Å²) in [6.45, 7) is 22.5. The molecule has 3 rings (SSSR count). The lowest BCUT2D eigenvalue weighted by molar-refractivity contribution is 0.183. The number of nitrogens with two attached hydrogens (primary N) is 1. The van der Waals surface area contributed by atoms with E-state index in [1.165, 1.54) is 30.2 Å². The first-order chi connectivity index (χ1) is 16.3. The fourth-order valence-corrected chi connectivity index (χ4v) is 3.75. The summed E-state index contributed by atoms with van der Waals surface area (Å²) in [6, 6.07) is 7.66. The van der Waals surface area contributed by atoms with Crippen molar-refractivity contribution in [2.45, 2.75) is 33.6 Å². The number of rotatable bonds is 7. The molecule has 186 valence electrons. The molecule has 1 fully saturated rings. The van der Waals surface area contributed by atoms with E-state index in [9.17, 15) is 0 Å². The van der Waals surface area contributed by atoms with Gasteiger partial charge in [0.15, 0.2) is 0 Å². The van der Waals surface area contributed by atoms with Crippen LogP contribution in [0.2, 0.25) is 5.02 Å². The molecule has 0 spiro atoms. The van der Waals surface area contributed by atoms with E-state index in [0.29, 0.717) is 5.02 Å². The summed E-state index contributed by atoms with van der Waals surface area (Å²) in [5, 5.41) is 3.01. The van der Waals surface area contributed by atoms with Gasteiger partial charge in [-0.15, -0.1) is 0 Å². The predicted molar refractivity (Wildman–Crippen MR) is 151 cm³/mol. The van der Waals surface area contributed by atoms with Gasteiger partial charge < -0.3 is 14.8 Å². The fourth-order valence-electron chi connectivity index (χ4n) is 3.49. The largest absolute Gasteiger partial charge is 0.373 e. The molecule has 0 unspecified atom stereocenters. The van der Waals surface area contributed by atoms with Crippen LogP contribution in [0, 0.1) is 0 Å². The molecule has 0 amide bonds. The third-order valence-corrected chi connectivity index (χ3v) is 5.68. The molecule has 0 atom stereocenters. The highest BCUT2D eigenvalue weighted by Crippen LogP contribution is 2.27. The minimum Gasteiger partial charge on any atom is -0.373 e. The Balaban J connectivity index is 0.000000353. The monoisotopic (exact) mass is 483 g/mol. The molecule has 2 heterocycles. The van der Waals surface area contributed by atoms with Gasteiger partial charge >= 0.3 is 0 Å². The van der Waals surface area contributed by atoms with Crippen molar-refractivity contribution in [2.75, 3.05) is 40.3 Å². The quantitative estimate of drug-likeness (QED) is 0.279. The lowest BCUT2D eigenvalue weighted by atomic mass is 10.1. The zero-order valence-electron chi connectivity index (χ0n) is 21.6. The number of nitrogens with zero attached hydrogens (tertiary/aromatic N) is 4.